The van der Waals surface area contributed by atoms with Crippen LogP contribution in [0.5, 0.6) is 5.75 Å². The Bertz CT molecular complexity index is 437. The molecule has 0 saturated carbocycles. The predicted molar refractivity (Wildman–Crippen MR) is 76.0 cm³/mol. The number of carbonyl (C=O) groups is 1. The molecule has 1 unspecified atom stereocenters. The topological polar surface area (TPSA) is 58.6 Å². The fraction of sp³-hybridized carbons (Fsp3) is 0.400. The standard InChI is InChI=1S/C15H21NO3/c1-11(10-15(18)16-12(2)8-9-17)13-4-6-14(19-3)7-5-13/h4-7,10,12,17H,8-9H2,1-3H3,(H,16,18)/b11-10+. The molecule has 0 spiro atoms. The SMILES string of the molecule is COc1ccc(/C(C)=C/C(=O)NC(C)CCO)cc1. The molecule has 4 heteroatoms. The third kappa shape index (κ3) is 5.14. The third-order valence-electron chi connectivity index (χ3n) is 2.84. The van der Waals surface area contributed by atoms with Crippen LogP contribution in [0.2, 0.25) is 0 Å². The van der Waals surface area contributed by atoms with E-state index in [0.29, 0.717) is 6.42 Å². The van der Waals surface area contributed by atoms with E-state index in [1.165, 1.54) is 0 Å². The average molecular weight is 263 g/mol. The van der Waals surface area contributed by atoms with Gasteiger partial charge in [-0.05, 0) is 43.5 Å². The van der Waals surface area contributed by atoms with E-state index in [4.69, 9.17) is 9.84 Å². The van der Waals surface area contributed by atoms with Gasteiger partial charge in [-0.25, -0.2) is 0 Å². The lowest BCUT2D eigenvalue weighted by Gasteiger charge is -2.11. The van der Waals surface area contributed by atoms with E-state index in [9.17, 15) is 4.79 Å². The number of allylic oxidation sites excluding steroid dienone is 1. The molecule has 4 nitrogen and oxygen atoms in total. The molecule has 0 fully saturated rings. The molecule has 0 saturated heterocycles. The number of aliphatic hydroxyl groups is 1. The van der Waals surface area contributed by atoms with Crippen molar-refractivity contribution in [2.45, 2.75) is 26.3 Å². The van der Waals surface area contributed by atoms with Gasteiger partial charge in [-0.1, -0.05) is 12.1 Å². The van der Waals surface area contributed by atoms with E-state index in [-0.39, 0.29) is 18.6 Å². The molecule has 0 bridgehead atoms. The quantitative estimate of drug-likeness (QED) is 0.772. The maximum atomic E-state index is 11.7. The molecule has 104 valence electrons. The fourth-order valence-electron chi connectivity index (χ4n) is 1.68. The number of nitrogens with one attached hydrogen (secondary N) is 1. The van der Waals surface area contributed by atoms with E-state index in [0.717, 1.165) is 16.9 Å². The summed E-state index contributed by atoms with van der Waals surface area (Å²) in [6.45, 7) is 3.82. The molecule has 0 aromatic heterocycles. The fourth-order valence-corrected chi connectivity index (χ4v) is 1.68. The van der Waals surface area contributed by atoms with Crippen LogP contribution in [0.25, 0.3) is 5.57 Å². The van der Waals surface area contributed by atoms with Crippen LogP contribution in [0, 0.1) is 0 Å². The molecule has 0 aliphatic carbocycles. The lowest BCUT2D eigenvalue weighted by Crippen LogP contribution is -2.31. The maximum Gasteiger partial charge on any atom is 0.244 e. The molecular weight excluding hydrogens is 242 g/mol. The number of aliphatic hydroxyl groups excluding tert-OH is 1. The van der Waals surface area contributed by atoms with E-state index < -0.39 is 0 Å². The summed E-state index contributed by atoms with van der Waals surface area (Å²) in [5.74, 6) is 0.645. The lowest BCUT2D eigenvalue weighted by molar-refractivity contribution is -0.117. The van der Waals surface area contributed by atoms with Crippen LogP contribution in [0.1, 0.15) is 25.8 Å². The molecule has 1 rings (SSSR count). The van der Waals surface area contributed by atoms with Crippen molar-refractivity contribution in [1.82, 2.24) is 5.32 Å². The van der Waals surface area contributed by atoms with Crippen LogP contribution in [0.15, 0.2) is 30.3 Å². The zero-order valence-corrected chi connectivity index (χ0v) is 11.6. The molecular formula is C15H21NO3. The molecule has 1 atom stereocenters. The van der Waals surface area contributed by atoms with Gasteiger partial charge in [0, 0.05) is 18.7 Å². The molecule has 0 aliphatic heterocycles. The summed E-state index contributed by atoms with van der Waals surface area (Å²) < 4.78 is 5.09. The molecule has 1 aromatic rings. The number of methoxy groups -OCH3 is 1. The first-order chi connectivity index (χ1) is 9.06. The zero-order chi connectivity index (χ0) is 14.3. The Morgan fingerprint density at radius 1 is 1.42 bits per heavy atom. The lowest BCUT2D eigenvalue weighted by atomic mass is 10.1. The van der Waals surface area contributed by atoms with Crippen LogP contribution in [-0.4, -0.2) is 30.8 Å². The van der Waals surface area contributed by atoms with Gasteiger partial charge in [-0.15, -0.1) is 0 Å². The molecule has 0 heterocycles. The van der Waals surface area contributed by atoms with Crippen LogP contribution < -0.4 is 10.1 Å². The maximum absolute atomic E-state index is 11.7. The van der Waals surface area contributed by atoms with Gasteiger partial charge in [-0.2, -0.15) is 0 Å². The highest BCUT2D eigenvalue weighted by Gasteiger charge is 2.05. The van der Waals surface area contributed by atoms with Crippen LogP contribution in [0.3, 0.4) is 0 Å². The van der Waals surface area contributed by atoms with Gasteiger partial charge in [0.15, 0.2) is 0 Å². The average Bonchev–Trinajstić information content (AvgIpc) is 2.38. The zero-order valence-electron chi connectivity index (χ0n) is 11.6. The number of rotatable bonds is 6. The number of hydrogen-bond acceptors (Lipinski definition) is 3. The molecule has 0 radical (unpaired) electrons. The summed E-state index contributed by atoms with van der Waals surface area (Å²) >= 11 is 0. The summed E-state index contributed by atoms with van der Waals surface area (Å²) in [7, 11) is 1.62. The highest BCUT2D eigenvalue weighted by molar-refractivity contribution is 5.94. The molecule has 1 aromatic carbocycles. The van der Waals surface area contributed by atoms with Crippen molar-refractivity contribution < 1.29 is 14.6 Å². The smallest absolute Gasteiger partial charge is 0.244 e. The van der Waals surface area contributed by atoms with Gasteiger partial charge in [-0.3, -0.25) is 4.79 Å². The minimum absolute atomic E-state index is 0.0302. The normalized spacial score (nSPS) is 12.9. The minimum atomic E-state index is -0.144. The second-order valence-electron chi connectivity index (χ2n) is 4.48. The Hall–Kier alpha value is -1.81. The van der Waals surface area contributed by atoms with E-state index in [2.05, 4.69) is 5.32 Å². The van der Waals surface area contributed by atoms with Crippen LogP contribution in [-0.2, 0) is 4.79 Å². The van der Waals surface area contributed by atoms with Crippen molar-refractivity contribution in [2.24, 2.45) is 0 Å². The third-order valence-corrected chi connectivity index (χ3v) is 2.84. The predicted octanol–water partition coefficient (Wildman–Crippen LogP) is 1.99. The van der Waals surface area contributed by atoms with Gasteiger partial charge in [0.25, 0.3) is 0 Å². The van der Waals surface area contributed by atoms with Crippen molar-refractivity contribution in [3.05, 3.63) is 35.9 Å². The van der Waals surface area contributed by atoms with Crippen molar-refractivity contribution in [3.63, 3.8) is 0 Å². The van der Waals surface area contributed by atoms with E-state index >= 15 is 0 Å². The number of benzene rings is 1. The molecule has 19 heavy (non-hydrogen) atoms. The van der Waals surface area contributed by atoms with Gasteiger partial charge in [0.05, 0.1) is 7.11 Å². The molecule has 1 amide bonds. The first-order valence-electron chi connectivity index (χ1n) is 6.31. The summed E-state index contributed by atoms with van der Waals surface area (Å²) in [6, 6.07) is 7.51. The minimum Gasteiger partial charge on any atom is -0.497 e. The van der Waals surface area contributed by atoms with Gasteiger partial charge in [0.1, 0.15) is 5.75 Å². The Labute approximate surface area is 114 Å². The first kappa shape index (κ1) is 15.2. The summed E-state index contributed by atoms with van der Waals surface area (Å²) in [6.07, 6.45) is 2.12. The number of ether oxygens (including phenoxy) is 1. The number of hydrogen-bond donors (Lipinski definition) is 2. The number of amides is 1. The monoisotopic (exact) mass is 263 g/mol. The molecule has 0 aliphatic rings. The first-order valence-corrected chi connectivity index (χ1v) is 6.31. The van der Waals surface area contributed by atoms with Crippen molar-refractivity contribution in [2.75, 3.05) is 13.7 Å². The Morgan fingerprint density at radius 2 is 2.05 bits per heavy atom. The highest BCUT2D eigenvalue weighted by atomic mass is 16.5. The van der Waals surface area contributed by atoms with Gasteiger partial charge in [0.2, 0.25) is 5.91 Å². The highest BCUT2D eigenvalue weighted by Crippen LogP contribution is 2.17. The second kappa shape index (κ2) is 7.59. The summed E-state index contributed by atoms with van der Waals surface area (Å²) in [5, 5.41) is 11.6. The van der Waals surface area contributed by atoms with Gasteiger partial charge >= 0.3 is 0 Å². The second-order valence-corrected chi connectivity index (χ2v) is 4.48. The Balaban J connectivity index is 2.66. The van der Waals surface area contributed by atoms with Crippen molar-refractivity contribution >= 4 is 11.5 Å². The van der Waals surface area contributed by atoms with Crippen molar-refractivity contribution in [3.8, 4) is 5.75 Å². The Kier molecular flexibility index (Phi) is 6.09. The Morgan fingerprint density at radius 3 is 2.58 bits per heavy atom. The van der Waals surface area contributed by atoms with Crippen LogP contribution in [0.4, 0.5) is 0 Å². The number of carbonyl (C=O) groups excluding carboxylic acids is 1. The van der Waals surface area contributed by atoms with Crippen LogP contribution >= 0.6 is 0 Å². The largest absolute Gasteiger partial charge is 0.497 e. The van der Waals surface area contributed by atoms with Crippen molar-refractivity contribution in [1.29, 1.82) is 0 Å². The summed E-state index contributed by atoms with van der Waals surface area (Å²) in [4.78, 5) is 11.7. The summed E-state index contributed by atoms with van der Waals surface area (Å²) in [5.41, 5.74) is 1.86. The van der Waals surface area contributed by atoms with Gasteiger partial charge < -0.3 is 15.2 Å². The van der Waals surface area contributed by atoms with E-state index in [1.807, 2.05) is 38.1 Å². The van der Waals surface area contributed by atoms with E-state index in [1.54, 1.807) is 13.2 Å². The molecule has 2 N–H and O–H groups in total.